The number of nitrogens with one attached hydrogen (secondary N) is 1. The van der Waals surface area contributed by atoms with Crippen LogP contribution < -0.4 is 5.32 Å². The molecule has 1 unspecified atom stereocenters. The summed E-state index contributed by atoms with van der Waals surface area (Å²) in [7, 11) is -3.85. The first kappa shape index (κ1) is 22.2. The van der Waals surface area contributed by atoms with Crippen molar-refractivity contribution in [1.29, 1.82) is 5.26 Å². The maximum absolute atomic E-state index is 13.3. The predicted octanol–water partition coefficient (Wildman–Crippen LogP) is 1.62. The fraction of sp³-hybridized carbons (Fsp3) is 0.571. The van der Waals surface area contributed by atoms with Gasteiger partial charge in [-0.15, -0.1) is 0 Å². The van der Waals surface area contributed by atoms with E-state index >= 15 is 0 Å². The van der Waals surface area contributed by atoms with Gasteiger partial charge in [-0.25, -0.2) is 8.42 Å². The van der Waals surface area contributed by atoms with Crippen LogP contribution in [0.25, 0.3) is 0 Å². The molecule has 2 fully saturated rings. The minimum Gasteiger partial charge on any atom is -0.356 e. The van der Waals surface area contributed by atoms with Crippen LogP contribution in [0.4, 0.5) is 0 Å². The van der Waals surface area contributed by atoms with Gasteiger partial charge in [0.1, 0.15) is 6.04 Å². The van der Waals surface area contributed by atoms with Gasteiger partial charge in [0.05, 0.1) is 16.5 Å². The zero-order valence-electron chi connectivity index (χ0n) is 17.0. The molecule has 0 aliphatic carbocycles. The molecular formula is C21H28N4O4S. The molecule has 30 heavy (non-hydrogen) atoms. The molecule has 2 heterocycles. The molecule has 8 nitrogen and oxygen atoms in total. The van der Waals surface area contributed by atoms with Crippen molar-refractivity contribution < 1.29 is 18.0 Å². The van der Waals surface area contributed by atoms with E-state index in [4.69, 9.17) is 5.26 Å². The number of nitriles is 1. The second-order valence-corrected chi connectivity index (χ2v) is 9.64. The Balaban J connectivity index is 1.77. The first-order valence-electron chi connectivity index (χ1n) is 10.5. The number of rotatable bonds is 3. The Morgan fingerprint density at radius 2 is 1.77 bits per heavy atom. The van der Waals surface area contributed by atoms with Gasteiger partial charge < -0.3 is 10.2 Å². The van der Waals surface area contributed by atoms with Crippen LogP contribution >= 0.6 is 0 Å². The predicted molar refractivity (Wildman–Crippen MR) is 111 cm³/mol. The van der Waals surface area contributed by atoms with Crippen LogP contribution in [0.2, 0.25) is 0 Å². The molecule has 2 aliphatic heterocycles. The molecule has 2 saturated heterocycles. The number of hydrogen-bond acceptors (Lipinski definition) is 5. The molecule has 162 valence electrons. The van der Waals surface area contributed by atoms with E-state index in [9.17, 15) is 18.0 Å². The molecule has 0 aromatic heterocycles. The number of amides is 2. The normalized spacial score (nSPS) is 22.0. The van der Waals surface area contributed by atoms with Gasteiger partial charge in [-0.3, -0.25) is 9.59 Å². The zero-order chi connectivity index (χ0) is 21.6. The van der Waals surface area contributed by atoms with E-state index in [2.05, 4.69) is 5.32 Å². The van der Waals surface area contributed by atoms with E-state index < -0.39 is 16.1 Å². The molecule has 0 spiro atoms. The summed E-state index contributed by atoms with van der Waals surface area (Å²) < 4.78 is 27.6. The van der Waals surface area contributed by atoms with Crippen LogP contribution in [0.1, 0.15) is 50.5 Å². The number of sulfonamides is 1. The van der Waals surface area contributed by atoms with E-state index in [1.165, 1.54) is 28.6 Å². The molecule has 2 amide bonds. The van der Waals surface area contributed by atoms with Crippen LogP contribution in [0.15, 0.2) is 29.2 Å². The highest BCUT2D eigenvalue weighted by Gasteiger charge is 2.41. The molecule has 2 aliphatic rings. The highest BCUT2D eigenvalue weighted by molar-refractivity contribution is 7.89. The van der Waals surface area contributed by atoms with E-state index in [-0.39, 0.29) is 29.7 Å². The SMILES string of the molecule is N#Cc1ccc(S(=O)(=O)N2CCCC2C(=O)N2CCCCCCNC(=O)CC2)cc1. The summed E-state index contributed by atoms with van der Waals surface area (Å²) in [5.74, 6) is -0.306. The Bertz CT molecular complexity index is 908. The summed E-state index contributed by atoms with van der Waals surface area (Å²) in [6.07, 6.45) is 5.04. The Kier molecular flexibility index (Phi) is 7.45. The van der Waals surface area contributed by atoms with E-state index in [0.29, 0.717) is 38.0 Å². The van der Waals surface area contributed by atoms with Crippen molar-refractivity contribution in [3.63, 3.8) is 0 Å². The summed E-state index contributed by atoms with van der Waals surface area (Å²) in [6, 6.07) is 6.97. The lowest BCUT2D eigenvalue weighted by Gasteiger charge is -2.30. The van der Waals surface area contributed by atoms with Crippen molar-refractivity contribution in [3.05, 3.63) is 29.8 Å². The molecule has 0 bridgehead atoms. The van der Waals surface area contributed by atoms with Crippen molar-refractivity contribution in [2.24, 2.45) is 0 Å². The average molecular weight is 433 g/mol. The Morgan fingerprint density at radius 3 is 2.50 bits per heavy atom. The summed E-state index contributed by atoms with van der Waals surface area (Å²) in [6.45, 7) is 1.78. The largest absolute Gasteiger partial charge is 0.356 e. The molecule has 9 heteroatoms. The third-order valence-corrected chi connectivity index (χ3v) is 7.60. The van der Waals surface area contributed by atoms with Crippen molar-refractivity contribution >= 4 is 21.8 Å². The van der Waals surface area contributed by atoms with Gasteiger partial charge in [0.25, 0.3) is 0 Å². The van der Waals surface area contributed by atoms with Crippen molar-refractivity contribution in [3.8, 4) is 6.07 Å². The van der Waals surface area contributed by atoms with Crippen LogP contribution in [-0.2, 0) is 19.6 Å². The zero-order valence-corrected chi connectivity index (χ0v) is 17.9. The lowest BCUT2D eigenvalue weighted by atomic mass is 10.1. The Hall–Kier alpha value is -2.44. The number of carbonyl (C=O) groups is 2. The third kappa shape index (κ3) is 5.18. The molecule has 0 radical (unpaired) electrons. The molecule has 1 aromatic rings. The van der Waals surface area contributed by atoms with E-state index in [1.54, 1.807) is 4.90 Å². The number of hydrogen-bond donors (Lipinski definition) is 1. The van der Waals surface area contributed by atoms with Gasteiger partial charge in [-0.1, -0.05) is 12.8 Å². The fourth-order valence-corrected chi connectivity index (χ4v) is 5.64. The maximum atomic E-state index is 13.3. The van der Waals surface area contributed by atoms with Gasteiger partial charge >= 0.3 is 0 Å². The van der Waals surface area contributed by atoms with Crippen LogP contribution in [0, 0.1) is 11.3 Å². The minimum atomic E-state index is -3.85. The Labute approximate surface area is 177 Å². The Morgan fingerprint density at radius 1 is 1.03 bits per heavy atom. The third-order valence-electron chi connectivity index (χ3n) is 5.68. The molecule has 3 rings (SSSR count). The van der Waals surface area contributed by atoms with Gasteiger partial charge in [0, 0.05) is 32.6 Å². The second kappa shape index (κ2) is 10.0. The van der Waals surface area contributed by atoms with Crippen molar-refractivity contribution in [2.75, 3.05) is 26.2 Å². The number of benzene rings is 1. The first-order chi connectivity index (χ1) is 14.4. The lowest BCUT2D eigenvalue weighted by Crippen LogP contribution is -2.48. The van der Waals surface area contributed by atoms with Gasteiger partial charge in [-0.05, 0) is 49.9 Å². The molecule has 1 N–H and O–H groups in total. The summed E-state index contributed by atoms with van der Waals surface area (Å²) in [4.78, 5) is 27.0. The minimum absolute atomic E-state index is 0.0804. The van der Waals surface area contributed by atoms with E-state index in [0.717, 1.165) is 25.7 Å². The average Bonchev–Trinajstić information content (AvgIpc) is 3.23. The molecule has 1 atom stereocenters. The van der Waals surface area contributed by atoms with Gasteiger partial charge in [-0.2, -0.15) is 9.57 Å². The van der Waals surface area contributed by atoms with Gasteiger partial charge in [0.15, 0.2) is 0 Å². The van der Waals surface area contributed by atoms with Crippen LogP contribution in [-0.4, -0.2) is 61.7 Å². The van der Waals surface area contributed by atoms with Crippen molar-refractivity contribution in [1.82, 2.24) is 14.5 Å². The van der Waals surface area contributed by atoms with Gasteiger partial charge in [0.2, 0.25) is 21.8 Å². The standard InChI is InChI=1S/C21H28N4O4S/c22-16-17-7-9-18(10-8-17)30(28,29)25-14-5-6-19(25)21(27)24-13-4-2-1-3-12-23-20(26)11-15-24/h7-10,19H,1-6,11-15H2,(H,23,26). The fourth-order valence-electron chi connectivity index (χ4n) is 3.99. The summed E-state index contributed by atoms with van der Waals surface area (Å²) in [5.41, 5.74) is 0.379. The molecular weight excluding hydrogens is 404 g/mol. The monoisotopic (exact) mass is 432 g/mol. The quantitative estimate of drug-likeness (QED) is 0.780. The maximum Gasteiger partial charge on any atom is 0.243 e. The number of carbonyl (C=O) groups excluding carboxylic acids is 2. The second-order valence-electron chi connectivity index (χ2n) is 7.75. The number of nitrogens with zero attached hydrogens (tertiary/aromatic N) is 3. The highest BCUT2D eigenvalue weighted by atomic mass is 32.2. The lowest BCUT2D eigenvalue weighted by molar-refractivity contribution is -0.135. The van der Waals surface area contributed by atoms with Crippen LogP contribution in [0.3, 0.4) is 0 Å². The summed E-state index contributed by atoms with van der Waals surface area (Å²) in [5, 5.41) is 11.8. The highest BCUT2D eigenvalue weighted by Crippen LogP contribution is 2.28. The first-order valence-corrected chi connectivity index (χ1v) is 11.9. The van der Waals surface area contributed by atoms with Crippen LogP contribution in [0.5, 0.6) is 0 Å². The van der Waals surface area contributed by atoms with E-state index in [1.807, 2.05) is 6.07 Å². The topological polar surface area (TPSA) is 111 Å². The summed E-state index contributed by atoms with van der Waals surface area (Å²) >= 11 is 0. The molecule has 1 aromatic carbocycles. The smallest absolute Gasteiger partial charge is 0.243 e. The van der Waals surface area contributed by atoms with Crippen molar-refractivity contribution in [2.45, 2.75) is 55.9 Å². The molecule has 0 saturated carbocycles.